The van der Waals surface area contributed by atoms with E-state index in [4.69, 9.17) is 34.2 Å². The lowest BCUT2D eigenvalue weighted by molar-refractivity contribution is -0.287. The number of anilines is 1. The number of carbonyl (C=O) groups excluding carboxylic acids is 1. The van der Waals surface area contributed by atoms with E-state index in [0.717, 1.165) is 11.3 Å². The molecule has 14 heteroatoms. The van der Waals surface area contributed by atoms with Crippen molar-refractivity contribution in [2.24, 2.45) is 0 Å². The number of nitrogens with one attached hydrogen (secondary N) is 1. The molecule has 1 aliphatic rings. The highest BCUT2D eigenvalue weighted by Gasteiger charge is 2.47. The number of ether oxygens (including phenoxy) is 6. The lowest BCUT2D eigenvalue weighted by Gasteiger charge is -2.40. The number of nitrogens with zero attached hydrogens (tertiary/aromatic N) is 3. The van der Waals surface area contributed by atoms with Gasteiger partial charge in [0.1, 0.15) is 24.0 Å². The summed E-state index contributed by atoms with van der Waals surface area (Å²) >= 11 is 0. The quantitative estimate of drug-likeness (QED) is 0.148. The maximum absolute atomic E-state index is 12.4. The van der Waals surface area contributed by atoms with E-state index in [2.05, 4.69) is 15.6 Å². The van der Waals surface area contributed by atoms with Crippen molar-refractivity contribution in [3.05, 3.63) is 30.5 Å². The van der Waals surface area contributed by atoms with Gasteiger partial charge in [0, 0.05) is 32.0 Å². The van der Waals surface area contributed by atoms with Gasteiger partial charge in [0.15, 0.2) is 12.4 Å². The van der Waals surface area contributed by atoms with Crippen LogP contribution in [0.2, 0.25) is 0 Å². The Bertz CT molecular complexity index is 961. The van der Waals surface area contributed by atoms with Crippen LogP contribution in [0.4, 0.5) is 5.69 Å². The van der Waals surface area contributed by atoms with Crippen molar-refractivity contribution >= 4 is 11.6 Å². The number of hydrogen-bond acceptors (Lipinski definition) is 12. The number of nitrogen functional groups attached to an aromatic ring is 1. The van der Waals surface area contributed by atoms with E-state index >= 15 is 0 Å². The summed E-state index contributed by atoms with van der Waals surface area (Å²) in [5.41, 5.74) is 8.12. The largest absolute Gasteiger partial charge is 0.399 e. The van der Waals surface area contributed by atoms with Crippen molar-refractivity contribution in [3.8, 4) is 11.3 Å². The molecule has 1 aromatic carbocycles. The molecule has 14 nitrogen and oxygen atoms in total. The lowest BCUT2D eigenvalue weighted by atomic mass is 9.98. The number of aliphatic hydroxyl groups excluding tert-OH is 2. The molecule has 2 heterocycles. The summed E-state index contributed by atoms with van der Waals surface area (Å²) in [4.78, 5) is 12.4. The summed E-state index contributed by atoms with van der Waals surface area (Å²) in [6.07, 6.45) is -4.11. The number of aliphatic hydroxyl groups is 2. The molecular weight excluding hydrogens is 502 g/mol. The molecule has 1 unspecified atom stereocenters. The van der Waals surface area contributed by atoms with E-state index < -0.39 is 36.6 Å². The van der Waals surface area contributed by atoms with Crippen molar-refractivity contribution in [3.63, 3.8) is 0 Å². The molecule has 212 valence electrons. The van der Waals surface area contributed by atoms with Crippen molar-refractivity contribution in [1.29, 1.82) is 0 Å². The first-order chi connectivity index (χ1) is 18.4. The molecule has 5 atom stereocenters. The summed E-state index contributed by atoms with van der Waals surface area (Å²) in [5.74, 6) is -0.505. The molecule has 1 aromatic heterocycles. The number of hydrogen-bond donors (Lipinski definition) is 4. The zero-order chi connectivity index (χ0) is 27.3. The second-order valence-electron chi connectivity index (χ2n) is 8.46. The zero-order valence-corrected chi connectivity index (χ0v) is 21.6. The Balaban J connectivity index is 1.18. The Kier molecular flexibility index (Phi) is 12.3. The van der Waals surface area contributed by atoms with Crippen molar-refractivity contribution in [2.75, 3.05) is 66.1 Å². The minimum absolute atomic E-state index is 0.219. The second kappa shape index (κ2) is 15.7. The number of carbonyl (C=O) groups is 1. The highest BCUT2D eigenvalue weighted by atomic mass is 16.7. The highest BCUT2D eigenvalue weighted by Crippen LogP contribution is 2.24. The average molecular weight is 540 g/mol. The average Bonchev–Trinajstić information content (AvgIpc) is 3.39. The molecule has 38 heavy (non-hydrogen) atoms. The third-order valence-corrected chi connectivity index (χ3v) is 5.81. The molecule has 3 rings (SSSR count). The molecule has 0 bridgehead atoms. The Morgan fingerprint density at radius 2 is 1.66 bits per heavy atom. The lowest BCUT2D eigenvalue weighted by Crippen LogP contribution is -2.62. The zero-order valence-electron chi connectivity index (χ0n) is 21.6. The first-order valence-corrected chi connectivity index (χ1v) is 12.3. The third-order valence-electron chi connectivity index (χ3n) is 5.81. The van der Waals surface area contributed by atoms with E-state index in [1.165, 1.54) is 14.2 Å². The number of benzene rings is 1. The first kappa shape index (κ1) is 29.9. The van der Waals surface area contributed by atoms with E-state index in [1.807, 2.05) is 30.5 Å². The van der Waals surface area contributed by atoms with Crippen LogP contribution in [-0.2, 0) is 39.8 Å². The molecule has 2 aromatic rings. The van der Waals surface area contributed by atoms with Crippen LogP contribution in [0.1, 0.15) is 0 Å². The molecule has 1 aliphatic heterocycles. The van der Waals surface area contributed by atoms with Crippen LogP contribution < -0.4 is 11.1 Å². The van der Waals surface area contributed by atoms with Crippen LogP contribution in [0.5, 0.6) is 0 Å². The Morgan fingerprint density at radius 3 is 2.32 bits per heavy atom. The van der Waals surface area contributed by atoms with Crippen LogP contribution in [0.25, 0.3) is 11.3 Å². The molecule has 0 radical (unpaired) electrons. The van der Waals surface area contributed by atoms with Gasteiger partial charge in [-0.2, -0.15) is 0 Å². The maximum Gasteiger partial charge on any atom is 0.252 e. The number of aromatic nitrogens is 3. The smallest absolute Gasteiger partial charge is 0.252 e. The number of methoxy groups -OCH3 is 2. The third kappa shape index (κ3) is 8.68. The number of nitrogens with two attached hydrogens (primary N) is 1. The van der Waals surface area contributed by atoms with Gasteiger partial charge >= 0.3 is 0 Å². The summed E-state index contributed by atoms with van der Waals surface area (Å²) < 4.78 is 33.7. The van der Waals surface area contributed by atoms with Gasteiger partial charge in [0.2, 0.25) is 0 Å². The minimum atomic E-state index is -1.33. The maximum atomic E-state index is 12.4. The fourth-order valence-corrected chi connectivity index (χ4v) is 3.75. The van der Waals surface area contributed by atoms with Gasteiger partial charge in [-0.25, -0.2) is 4.68 Å². The van der Waals surface area contributed by atoms with Gasteiger partial charge in [-0.3, -0.25) is 4.79 Å². The molecule has 0 aliphatic carbocycles. The predicted molar refractivity (Wildman–Crippen MR) is 134 cm³/mol. The fraction of sp³-hybridized carbons (Fsp3) is 0.625. The standard InChI is InChI=1S/C24H37N5O9/c1-33-21-19(30)20(31)24(34-2)38-22(21)23(32)26-7-9-35-11-13-37-14-12-36-10-8-29-15-18(27-28-29)16-3-5-17(25)6-4-16/h3-6,15,19-22,24,30-31H,7-14,25H2,1-2H3,(H,26,32)/t19-,20+,21+,22?,24-/m1/s1. The second-order valence-corrected chi connectivity index (χ2v) is 8.46. The topological polar surface area (TPSA) is 182 Å². The highest BCUT2D eigenvalue weighted by molar-refractivity contribution is 5.81. The minimum Gasteiger partial charge on any atom is -0.399 e. The van der Waals surface area contributed by atoms with Gasteiger partial charge in [0.25, 0.3) is 5.91 Å². The van der Waals surface area contributed by atoms with E-state index in [1.54, 1.807) is 4.68 Å². The molecule has 1 amide bonds. The van der Waals surface area contributed by atoms with Gasteiger partial charge in [-0.05, 0) is 12.1 Å². The normalized spacial score (nSPS) is 23.4. The van der Waals surface area contributed by atoms with Crippen molar-refractivity contribution < 1.29 is 43.4 Å². The molecule has 0 spiro atoms. The van der Waals surface area contributed by atoms with Gasteiger partial charge in [-0.1, -0.05) is 17.3 Å². The summed E-state index contributed by atoms with van der Waals surface area (Å²) in [5, 5.41) is 31.0. The SMILES string of the molecule is CO[C@@H]1OC(C(=O)NCCOCCOCCOCCn2cc(-c3ccc(N)cc3)nn2)[C@@H](OC)[C@H](O)[C@@H]1O. The van der Waals surface area contributed by atoms with E-state index in [9.17, 15) is 15.0 Å². The molecule has 5 N–H and O–H groups in total. The van der Waals surface area contributed by atoms with Crippen LogP contribution in [-0.4, -0.2) is 122 Å². The van der Waals surface area contributed by atoms with Gasteiger partial charge in [-0.15, -0.1) is 5.10 Å². The number of rotatable bonds is 16. The monoisotopic (exact) mass is 539 g/mol. The van der Waals surface area contributed by atoms with Crippen molar-refractivity contribution in [2.45, 2.75) is 37.3 Å². The van der Waals surface area contributed by atoms with E-state index in [0.29, 0.717) is 45.3 Å². The van der Waals surface area contributed by atoms with E-state index in [-0.39, 0.29) is 13.2 Å². The Labute approximate surface area is 220 Å². The molecule has 0 saturated carbocycles. The van der Waals surface area contributed by atoms with Crippen LogP contribution >= 0.6 is 0 Å². The molecule has 1 fully saturated rings. The summed E-state index contributed by atoms with van der Waals surface area (Å²) in [6, 6.07) is 7.44. The van der Waals surface area contributed by atoms with Gasteiger partial charge in [0.05, 0.1) is 52.4 Å². The first-order valence-electron chi connectivity index (χ1n) is 12.3. The Hall–Kier alpha value is -2.69. The van der Waals surface area contributed by atoms with Crippen LogP contribution in [0.15, 0.2) is 30.5 Å². The summed E-state index contributed by atoms with van der Waals surface area (Å²) in [7, 11) is 2.63. The predicted octanol–water partition coefficient (Wildman–Crippen LogP) is -1.20. The van der Waals surface area contributed by atoms with Crippen LogP contribution in [0, 0.1) is 0 Å². The summed E-state index contributed by atoms with van der Waals surface area (Å²) in [6.45, 7) is 3.09. The fourth-order valence-electron chi connectivity index (χ4n) is 3.75. The molecular formula is C24H37N5O9. The Morgan fingerprint density at radius 1 is 1.00 bits per heavy atom. The van der Waals surface area contributed by atoms with Crippen molar-refractivity contribution in [1.82, 2.24) is 20.3 Å². The van der Waals surface area contributed by atoms with Crippen LogP contribution in [0.3, 0.4) is 0 Å². The number of amides is 1. The molecule has 1 saturated heterocycles. The van der Waals surface area contributed by atoms with Gasteiger partial charge < -0.3 is 49.7 Å².